The molecule has 0 aliphatic rings. The molecule has 0 aliphatic carbocycles. The van der Waals surface area contributed by atoms with Crippen molar-refractivity contribution in [2.75, 3.05) is 0 Å². The maximum absolute atomic E-state index is 10.2. The largest absolute Gasteiger partial charge is 0.507 e. The topological polar surface area (TPSA) is 72.3 Å². The van der Waals surface area contributed by atoms with E-state index >= 15 is 0 Å². The third-order valence-electron chi connectivity index (χ3n) is 3.30. The summed E-state index contributed by atoms with van der Waals surface area (Å²) in [4.78, 5) is 4.29. The Balaban J connectivity index is 1.85. The summed E-state index contributed by atoms with van der Waals surface area (Å²) in [5.41, 5.74) is 1.24. The van der Waals surface area contributed by atoms with Gasteiger partial charge in [0.15, 0.2) is 0 Å². The minimum atomic E-state index is 0.107. The van der Waals surface area contributed by atoms with Crippen LogP contribution in [-0.2, 0) is 0 Å². The number of phenols is 1. The molecule has 0 atom stereocenters. The second kappa shape index (κ2) is 4.49. The minimum absolute atomic E-state index is 0.107. The van der Waals surface area contributed by atoms with Gasteiger partial charge in [-0.05, 0) is 29.0 Å². The van der Waals surface area contributed by atoms with E-state index in [0.717, 1.165) is 16.3 Å². The summed E-state index contributed by atoms with van der Waals surface area (Å²) in [5.74, 6) is 0.803. The molecular weight excluding hydrogens is 268 g/mol. The highest BCUT2D eigenvalue weighted by molar-refractivity contribution is 5.89. The first-order valence-corrected chi connectivity index (χ1v) is 6.40. The summed E-state index contributed by atoms with van der Waals surface area (Å²) < 4.78 is 10.2. The fraction of sp³-hybridized carbons (Fsp3) is 0. The van der Waals surface area contributed by atoms with Crippen molar-refractivity contribution >= 4 is 10.8 Å². The Hall–Kier alpha value is -3.08. The van der Waals surface area contributed by atoms with Crippen molar-refractivity contribution < 1.29 is 14.0 Å². The summed E-state index contributed by atoms with van der Waals surface area (Å²) in [7, 11) is 0. The van der Waals surface area contributed by atoms with E-state index in [9.17, 15) is 5.11 Å². The van der Waals surface area contributed by atoms with Gasteiger partial charge in [-0.1, -0.05) is 29.4 Å². The van der Waals surface area contributed by atoms with Crippen LogP contribution in [0.4, 0.5) is 0 Å². The van der Waals surface area contributed by atoms with Gasteiger partial charge in [-0.2, -0.15) is 4.98 Å². The zero-order chi connectivity index (χ0) is 14.2. The fourth-order valence-corrected chi connectivity index (χ4v) is 2.24. The average Bonchev–Trinajstić information content (AvgIpc) is 3.17. The smallest absolute Gasteiger partial charge is 0.262 e. The highest BCUT2D eigenvalue weighted by atomic mass is 16.5. The van der Waals surface area contributed by atoms with E-state index in [1.807, 2.05) is 30.3 Å². The van der Waals surface area contributed by atoms with Crippen molar-refractivity contribution in [3.8, 4) is 28.6 Å². The Kier molecular flexibility index (Phi) is 2.50. The van der Waals surface area contributed by atoms with Gasteiger partial charge < -0.3 is 14.0 Å². The Labute approximate surface area is 119 Å². The molecule has 0 radical (unpaired) electrons. The van der Waals surface area contributed by atoms with E-state index in [-0.39, 0.29) is 11.6 Å². The predicted octanol–water partition coefficient (Wildman–Crippen LogP) is 3.86. The number of furan rings is 1. The summed E-state index contributed by atoms with van der Waals surface area (Å²) >= 11 is 0. The van der Waals surface area contributed by atoms with Gasteiger partial charge >= 0.3 is 0 Å². The SMILES string of the molecule is Oc1cc2ccccc2cc1-c1nc(-c2ccoc2)no1. The first kappa shape index (κ1) is 11.7. The number of rotatable bonds is 2. The van der Waals surface area contributed by atoms with Crippen LogP contribution in [0.3, 0.4) is 0 Å². The molecule has 102 valence electrons. The standard InChI is InChI=1S/C16H10N2O3/c19-14-8-11-4-2-1-3-10(11)7-13(14)16-17-15(18-21-16)12-5-6-20-9-12/h1-9,19H. The second-order valence-corrected chi connectivity index (χ2v) is 4.65. The third kappa shape index (κ3) is 1.95. The van der Waals surface area contributed by atoms with Gasteiger partial charge in [0.05, 0.1) is 17.4 Å². The zero-order valence-electron chi connectivity index (χ0n) is 10.9. The van der Waals surface area contributed by atoms with Crippen molar-refractivity contribution in [1.82, 2.24) is 10.1 Å². The monoisotopic (exact) mass is 278 g/mol. The molecule has 0 saturated heterocycles. The fourth-order valence-electron chi connectivity index (χ4n) is 2.24. The molecular formula is C16H10N2O3. The van der Waals surface area contributed by atoms with Crippen LogP contribution in [0.1, 0.15) is 0 Å². The number of phenolic OH excluding ortho intramolecular Hbond substituents is 1. The lowest BCUT2D eigenvalue weighted by Crippen LogP contribution is -1.82. The molecule has 4 aromatic rings. The Morgan fingerprint density at radius 2 is 1.81 bits per heavy atom. The number of aromatic nitrogens is 2. The van der Waals surface area contributed by atoms with E-state index in [1.165, 1.54) is 6.26 Å². The van der Waals surface area contributed by atoms with Gasteiger partial charge in [-0.3, -0.25) is 0 Å². The molecule has 0 aliphatic heterocycles. The molecule has 0 bridgehead atoms. The van der Waals surface area contributed by atoms with Crippen molar-refractivity contribution in [3.05, 3.63) is 55.0 Å². The molecule has 2 aromatic heterocycles. The molecule has 5 nitrogen and oxygen atoms in total. The Morgan fingerprint density at radius 3 is 2.57 bits per heavy atom. The summed E-state index contributed by atoms with van der Waals surface area (Å²) in [6.07, 6.45) is 3.08. The maximum atomic E-state index is 10.2. The van der Waals surface area contributed by atoms with Crippen molar-refractivity contribution in [2.24, 2.45) is 0 Å². The molecule has 2 aromatic carbocycles. The van der Waals surface area contributed by atoms with Crippen LogP contribution in [0.2, 0.25) is 0 Å². The Morgan fingerprint density at radius 1 is 1.00 bits per heavy atom. The van der Waals surface area contributed by atoms with Crippen molar-refractivity contribution in [3.63, 3.8) is 0 Å². The van der Waals surface area contributed by atoms with E-state index < -0.39 is 0 Å². The van der Waals surface area contributed by atoms with Crippen LogP contribution in [0.5, 0.6) is 5.75 Å². The van der Waals surface area contributed by atoms with Crippen LogP contribution in [0.25, 0.3) is 33.6 Å². The maximum Gasteiger partial charge on any atom is 0.262 e. The number of hydrogen-bond acceptors (Lipinski definition) is 5. The van der Waals surface area contributed by atoms with Crippen LogP contribution in [0, 0.1) is 0 Å². The zero-order valence-corrected chi connectivity index (χ0v) is 10.9. The molecule has 0 amide bonds. The molecule has 21 heavy (non-hydrogen) atoms. The number of hydrogen-bond donors (Lipinski definition) is 1. The summed E-state index contributed by atoms with van der Waals surface area (Å²) in [6, 6.07) is 13.0. The predicted molar refractivity (Wildman–Crippen MR) is 76.6 cm³/mol. The lowest BCUT2D eigenvalue weighted by molar-refractivity contribution is 0.426. The van der Waals surface area contributed by atoms with Gasteiger partial charge in [-0.25, -0.2) is 0 Å². The molecule has 0 spiro atoms. The molecule has 0 unspecified atom stereocenters. The lowest BCUT2D eigenvalue weighted by Gasteiger charge is -2.02. The molecule has 4 rings (SSSR count). The van der Waals surface area contributed by atoms with Crippen molar-refractivity contribution in [2.45, 2.75) is 0 Å². The van der Waals surface area contributed by atoms with Crippen molar-refractivity contribution in [1.29, 1.82) is 0 Å². The van der Waals surface area contributed by atoms with Crippen LogP contribution in [-0.4, -0.2) is 15.2 Å². The van der Waals surface area contributed by atoms with E-state index in [1.54, 1.807) is 18.4 Å². The normalized spacial score (nSPS) is 11.0. The molecule has 1 N–H and O–H groups in total. The highest BCUT2D eigenvalue weighted by Crippen LogP contribution is 2.33. The number of nitrogens with zero attached hydrogens (tertiary/aromatic N) is 2. The molecule has 0 fully saturated rings. The lowest BCUT2D eigenvalue weighted by atomic mass is 10.1. The third-order valence-corrected chi connectivity index (χ3v) is 3.30. The minimum Gasteiger partial charge on any atom is -0.507 e. The van der Waals surface area contributed by atoms with E-state index in [2.05, 4.69) is 10.1 Å². The van der Waals surface area contributed by atoms with E-state index in [4.69, 9.17) is 8.94 Å². The average molecular weight is 278 g/mol. The first-order chi connectivity index (χ1) is 10.3. The molecule has 5 heteroatoms. The number of benzene rings is 2. The van der Waals surface area contributed by atoms with Crippen LogP contribution in [0.15, 0.2) is 63.9 Å². The van der Waals surface area contributed by atoms with Gasteiger partial charge in [0.2, 0.25) is 5.82 Å². The number of aromatic hydroxyl groups is 1. The molecule has 0 saturated carbocycles. The van der Waals surface area contributed by atoms with Gasteiger partial charge in [-0.15, -0.1) is 0 Å². The summed E-state index contributed by atoms with van der Waals surface area (Å²) in [6.45, 7) is 0. The van der Waals surface area contributed by atoms with Crippen LogP contribution < -0.4 is 0 Å². The summed E-state index contributed by atoms with van der Waals surface area (Å²) in [5, 5.41) is 16.0. The second-order valence-electron chi connectivity index (χ2n) is 4.65. The first-order valence-electron chi connectivity index (χ1n) is 6.40. The van der Waals surface area contributed by atoms with E-state index in [0.29, 0.717) is 11.4 Å². The highest BCUT2D eigenvalue weighted by Gasteiger charge is 2.15. The molecule has 2 heterocycles. The Bertz CT molecular complexity index is 910. The van der Waals surface area contributed by atoms with Crippen LogP contribution >= 0.6 is 0 Å². The van der Waals surface area contributed by atoms with Gasteiger partial charge in [0, 0.05) is 0 Å². The quantitative estimate of drug-likeness (QED) is 0.602. The number of fused-ring (bicyclic) bond motifs is 1. The van der Waals surface area contributed by atoms with Gasteiger partial charge in [0.25, 0.3) is 5.89 Å². The van der Waals surface area contributed by atoms with Gasteiger partial charge in [0.1, 0.15) is 12.0 Å².